The smallest absolute Gasteiger partial charge is 0.216 e. The number of fused-ring (bicyclic) bond motifs is 10. The van der Waals surface area contributed by atoms with E-state index in [1.54, 1.807) is 18.6 Å². The van der Waals surface area contributed by atoms with Crippen LogP contribution in [0.2, 0.25) is 0 Å². The van der Waals surface area contributed by atoms with Gasteiger partial charge >= 0.3 is 0 Å². The first-order chi connectivity index (χ1) is 61.7. The Hall–Kier alpha value is -11.8. The Labute approximate surface area is 798 Å². The molecule has 0 unspecified atom stereocenters. The van der Waals surface area contributed by atoms with Crippen LogP contribution in [0.1, 0.15) is 114 Å². The molecular formula is C96H126N30S5. The molecule has 0 saturated carbocycles. The van der Waals surface area contributed by atoms with E-state index < -0.39 is 0 Å². The average molecular weight is 1860 g/mol. The van der Waals surface area contributed by atoms with E-state index in [4.69, 9.17) is 61.1 Å². The molecule has 4 aliphatic carbocycles. The van der Waals surface area contributed by atoms with E-state index in [0.29, 0.717) is 25.4 Å². The number of azo groups is 1. The molecule has 16 heterocycles. The van der Waals surface area contributed by atoms with Crippen LogP contribution in [0.25, 0.3) is 34.3 Å². The summed E-state index contributed by atoms with van der Waals surface area (Å²) in [6, 6.07) is 34.4. The Morgan fingerprint density at radius 2 is 0.878 bits per heavy atom. The van der Waals surface area contributed by atoms with Gasteiger partial charge in [-0.3, -0.25) is 61.0 Å². The Kier molecular flexibility index (Phi) is 36.8. The summed E-state index contributed by atoms with van der Waals surface area (Å²) >= 11 is 27.5. The Morgan fingerprint density at radius 1 is 0.412 bits per heavy atom. The number of piperazine rings is 5. The maximum Gasteiger partial charge on any atom is 0.216 e. The number of allylic oxidation sites excluding steroid dienone is 4. The number of aryl methyl sites for hydroxylation is 2. The zero-order valence-corrected chi connectivity index (χ0v) is 75.7. The molecule has 5 fully saturated rings. The minimum atomic E-state index is 0. The lowest BCUT2D eigenvalue weighted by molar-refractivity contribution is 0.214. The van der Waals surface area contributed by atoms with Crippen LogP contribution in [-0.2, 0) is 32.4 Å². The molecule has 0 amide bonds. The molecule has 690 valence electrons. The highest BCUT2D eigenvalue weighted by molar-refractivity contribution is 7.81. The highest BCUT2D eigenvalue weighted by Gasteiger charge is 2.29. The molecule has 131 heavy (non-hydrogen) atoms. The lowest BCUT2D eigenvalue weighted by Gasteiger charge is -2.36. The van der Waals surface area contributed by atoms with Crippen LogP contribution in [-0.4, -0.2) is 290 Å². The first-order valence-corrected chi connectivity index (χ1v) is 45.2. The first-order valence-electron chi connectivity index (χ1n) is 43.2. The highest BCUT2D eigenvalue weighted by Crippen LogP contribution is 2.42. The van der Waals surface area contributed by atoms with Crippen molar-refractivity contribution in [1.82, 2.24) is 110 Å². The number of pyridine rings is 8. The molecular weight excluding hydrogens is 1730 g/mol. The summed E-state index contributed by atoms with van der Waals surface area (Å²) in [6.07, 6.45) is 34.4. The molecule has 0 aromatic carbocycles. The maximum absolute atomic E-state index is 5.55. The van der Waals surface area contributed by atoms with Gasteiger partial charge in [-0.15, -0.1) is 10.2 Å². The average Bonchev–Trinajstić information content (AvgIpc) is 1.63. The predicted octanol–water partition coefficient (Wildman–Crippen LogP) is 11.1. The Bertz CT molecular complexity index is 5800. The quantitative estimate of drug-likeness (QED) is 0.0537. The normalized spacial score (nSPS) is 17.3. The SMILES string of the molecule is C.C.C.C.C.CN1CCN(C(=S)N=Nc2c3[nH]cccc-3c3cccnc23)CC1.CN1CCN(C(=S)NN=C2c3ncccc3Cc3cccnc32)CC1.CN1CCN(C(=S)NN=c2c3n(n4c2=CC=CC4)CC=CC=3)CC1.CN1CCN(c2ccc(C(=S)N/N=C3/CCCc4cccnc43)nc2)CC1.S=C(N/N=C1/CCCc2cccnc21)N1CCN(c2ccccn2)CC1. The lowest BCUT2D eigenvalue weighted by atomic mass is 9.91. The molecule has 5 saturated heterocycles. The third-order valence-electron chi connectivity index (χ3n) is 23.8. The molecule has 0 radical (unpaired) electrons. The van der Waals surface area contributed by atoms with Crippen LogP contribution in [0.15, 0.2) is 208 Å². The lowest BCUT2D eigenvalue weighted by Crippen LogP contribution is -2.51. The number of aromatic amines is 1. The summed E-state index contributed by atoms with van der Waals surface area (Å²) < 4.78 is 4.52. The van der Waals surface area contributed by atoms with E-state index in [0.717, 1.165) is 301 Å². The largest absolute Gasteiger partial charge is 0.368 e. The van der Waals surface area contributed by atoms with E-state index in [9.17, 15) is 0 Å². The van der Waals surface area contributed by atoms with Crippen LogP contribution in [0.5, 0.6) is 0 Å². The molecule has 0 spiro atoms. The van der Waals surface area contributed by atoms with Crippen molar-refractivity contribution < 1.29 is 0 Å². The van der Waals surface area contributed by atoms with Crippen molar-refractivity contribution in [2.45, 2.75) is 95.2 Å². The number of hydrogen-bond donors (Lipinski definition) is 5. The third-order valence-corrected chi connectivity index (χ3v) is 25.5. The van der Waals surface area contributed by atoms with Crippen molar-refractivity contribution in [1.29, 1.82) is 0 Å². The fourth-order valence-electron chi connectivity index (χ4n) is 16.5. The van der Waals surface area contributed by atoms with Gasteiger partial charge in [-0.25, -0.2) is 4.98 Å². The monoisotopic (exact) mass is 1860 g/mol. The van der Waals surface area contributed by atoms with Gasteiger partial charge in [0.1, 0.15) is 33.1 Å². The van der Waals surface area contributed by atoms with Crippen molar-refractivity contribution in [3.05, 3.63) is 244 Å². The molecule has 20 rings (SSSR count). The predicted molar refractivity (Wildman–Crippen MR) is 553 cm³/mol. The molecule has 0 bridgehead atoms. The van der Waals surface area contributed by atoms with Gasteiger partial charge < -0.3 is 54.0 Å². The first kappa shape index (κ1) is 99.8. The van der Waals surface area contributed by atoms with E-state index in [1.165, 1.54) is 11.1 Å². The standard InChI is InChI=1S/C20H24N6S.C19H22N6S.C18H20N6S.C17H18N6S.C17H22N6S.5CH4/c1-25-10-12-26(13-11-25)16-7-8-18(22-14-16)20(27)24-23-17-6-2-4-15-5-3-9-21-19(15)17;26-19(23-22-16-7-3-5-15-6-4-10-21-18(15)16)25-13-11-24(12-14-25)17-8-1-2-9-20-17;1-23-8-10-24(11-9-23)18(25)22-21-17-15-13(4-2-6-19-15)12-14-5-3-7-20-16(14)17;1-22-8-10-23(11-9-22)17(24)21-20-16-14-12(4-2-6-18-14)13-5-3-7-19-15(13)16;1-20-10-12-21(13-11-20)17(24)19-18-16-14-6-2-4-8-22(14)23-9-5-3-7-15(16)23;;;;;/h3,5,7-9,14H,2,4,6,10-13H2,1H3,(H,24,27);1-2,4,6,8-10H,3,5,7,11-14H2,(H,23,26);2-7H,8-12H2,1H3,(H,22,25);2-7,18H,8-11H2,1H3;2-7H,8-13H2,1H3,(H,19,24);5*1H4/b23-17-;22-16-;;;;;;;;. The summed E-state index contributed by atoms with van der Waals surface area (Å²) in [5.41, 5.74) is 29.1. The number of nitrogens with one attached hydrogen (secondary N) is 5. The van der Waals surface area contributed by atoms with Crippen molar-refractivity contribution >= 4 is 144 Å². The molecule has 8 aromatic rings. The second-order valence-electron chi connectivity index (χ2n) is 32.2. The fourth-order valence-corrected chi connectivity index (χ4v) is 17.6. The topological polar surface area (TPSA) is 271 Å². The van der Waals surface area contributed by atoms with Gasteiger partial charge in [0.15, 0.2) is 15.3 Å². The fraction of sp³-hybridized carbons (Fsp3) is 0.396. The maximum atomic E-state index is 5.55. The number of H-pyrrole nitrogens is 1. The van der Waals surface area contributed by atoms with Gasteiger partial charge in [-0.05, 0) is 211 Å². The number of hydrazone groups is 3. The second kappa shape index (κ2) is 48.4. The van der Waals surface area contributed by atoms with Crippen LogP contribution in [0, 0.1) is 0 Å². The second-order valence-corrected chi connectivity index (χ2v) is 34.1. The number of nitrogens with zero attached hydrogens (tertiary/aromatic N) is 25. The minimum Gasteiger partial charge on any atom is -0.368 e. The molecule has 8 aromatic heterocycles. The highest BCUT2D eigenvalue weighted by atomic mass is 32.1. The van der Waals surface area contributed by atoms with Crippen LogP contribution < -0.4 is 47.6 Å². The van der Waals surface area contributed by atoms with Crippen molar-refractivity contribution in [3.8, 4) is 11.3 Å². The summed E-state index contributed by atoms with van der Waals surface area (Å²) in [4.78, 5) is 57.8. The number of anilines is 2. The minimum absolute atomic E-state index is 0. The summed E-state index contributed by atoms with van der Waals surface area (Å²) in [6.45, 7) is 21.1. The zero-order valence-electron chi connectivity index (χ0n) is 71.6. The Balaban J connectivity index is 0.000000157. The molecule has 12 aliphatic rings. The van der Waals surface area contributed by atoms with E-state index in [1.807, 2.05) is 91.6 Å². The number of hydrogen-bond acceptors (Lipinski definition) is 23. The molecule has 0 atom stereocenters. The van der Waals surface area contributed by atoms with Crippen molar-refractivity contribution in [3.63, 3.8) is 0 Å². The molecule has 35 heteroatoms. The van der Waals surface area contributed by atoms with Crippen molar-refractivity contribution in [2.24, 2.45) is 30.6 Å². The van der Waals surface area contributed by atoms with Gasteiger partial charge in [-0.1, -0.05) is 116 Å². The van der Waals surface area contributed by atoms with Crippen LogP contribution in [0.4, 0.5) is 17.2 Å². The van der Waals surface area contributed by atoms with Gasteiger partial charge in [0.25, 0.3) is 0 Å². The number of aromatic nitrogens is 10. The molecule has 8 aliphatic heterocycles. The number of thiocarbonyl (C=S) groups is 5. The van der Waals surface area contributed by atoms with Gasteiger partial charge in [0.05, 0.1) is 81.3 Å². The van der Waals surface area contributed by atoms with Gasteiger partial charge in [0.2, 0.25) is 5.11 Å². The van der Waals surface area contributed by atoms with E-state index in [-0.39, 0.29) is 37.1 Å². The molecule has 5 N–H and O–H groups in total. The Morgan fingerprint density at radius 3 is 1.40 bits per heavy atom. The zero-order chi connectivity index (χ0) is 86.7. The van der Waals surface area contributed by atoms with Crippen molar-refractivity contribution in [2.75, 3.05) is 169 Å². The summed E-state index contributed by atoms with van der Waals surface area (Å²) in [7, 11) is 8.54. The van der Waals surface area contributed by atoms with Crippen LogP contribution in [0.3, 0.4) is 0 Å². The van der Waals surface area contributed by atoms with E-state index >= 15 is 0 Å². The summed E-state index contributed by atoms with van der Waals surface area (Å²) in [5.74, 6) is 1.02. The molecule has 30 nitrogen and oxygen atoms in total. The van der Waals surface area contributed by atoms with Gasteiger partial charge in [-0.2, -0.15) is 20.4 Å². The van der Waals surface area contributed by atoms with Crippen LogP contribution >= 0.6 is 61.1 Å². The summed E-state index contributed by atoms with van der Waals surface area (Å²) in [5, 5.41) is 34.0. The van der Waals surface area contributed by atoms with E-state index in [2.05, 4.69) is 258 Å². The number of likely N-dealkylation sites (N-methyl/N-ethyl adjacent to an activating group) is 4. The van der Waals surface area contributed by atoms with Gasteiger partial charge in [0, 0.05) is 192 Å². The number of rotatable bonds is 8. The third kappa shape index (κ3) is 24.9.